The van der Waals surface area contributed by atoms with E-state index in [4.69, 9.17) is 10.8 Å². The zero-order chi connectivity index (χ0) is 12.2. The van der Waals surface area contributed by atoms with E-state index in [9.17, 15) is 4.79 Å². The van der Waals surface area contributed by atoms with E-state index in [1.165, 1.54) is 0 Å². The van der Waals surface area contributed by atoms with Crippen molar-refractivity contribution in [2.45, 2.75) is 25.4 Å². The van der Waals surface area contributed by atoms with Crippen LogP contribution in [0.3, 0.4) is 0 Å². The van der Waals surface area contributed by atoms with Crippen LogP contribution in [0.25, 0.3) is 0 Å². The Morgan fingerprint density at radius 2 is 2.00 bits per heavy atom. The van der Waals surface area contributed by atoms with Crippen molar-refractivity contribution in [2.24, 2.45) is 5.73 Å². The van der Waals surface area contributed by atoms with Crippen molar-refractivity contribution >= 4 is 5.91 Å². The average Bonchev–Trinajstić information content (AvgIpc) is 2.28. The Labute approximate surface area is 95.5 Å². The Morgan fingerprint density at radius 3 is 2.50 bits per heavy atom. The lowest BCUT2D eigenvalue weighted by atomic mass is 10.0. The number of carbonyl (C=O) groups excluding carboxylic acids is 1. The molecular weight excluding hydrogens is 204 g/mol. The number of hydrogen-bond donors (Lipinski definition) is 3. The summed E-state index contributed by atoms with van der Waals surface area (Å²) in [6.07, 6.45) is 0. The molecule has 16 heavy (non-hydrogen) atoms. The molecule has 0 aliphatic rings. The second kappa shape index (κ2) is 5.09. The molecule has 0 fully saturated rings. The average molecular weight is 222 g/mol. The van der Waals surface area contributed by atoms with E-state index in [2.05, 4.69) is 5.32 Å². The lowest BCUT2D eigenvalue weighted by molar-refractivity contribution is -0.124. The summed E-state index contributed by atoms with van der Waals surface area (Å²) in [5.74, 6) is -0.287. The maximum atomic E-state index is 11.8. The van der Waals surface area contributed by atoms with E-state index in [-0.39, 0.29) is 12.5 Å². The summed E-state index contributed by atoms with van der Waals surface area (Å²) in [7, 11) is 0. The minimum absolute atomic E-state index is 0.125. The van der Waals surface area contributed by atoms with E-state index in [1.54, 1.807) is 26.0 Å². The van der Waals surface area contributed by atoms with Crippen LogP contribution in [0.2, 0.25) is 0 Å². The van der Waals surface area contributed by atoms with Gasteiger partial charge >= 0.3 is 0 Å². The predicted octanol–water partition coefficient (Wildman–Crippen LogP) is 0.573. The molecule has 4 heteroatoms. The Morgan fingerprint density at radius 1 is 1.44 bits per heavy atom. The smallest absolute Gasteiger partial charge is 0.242 e. The molecule has 0 aliphatic carbocycles. The molecule has 1 aromatic carbocycles. The molecule has 0 bridgehead atoms. The van der Waals surface area contributed by atoms with Crippen molar-refractivity contribution in [3.8, 4) is 0 Å². The largest absolute Gasteiger partial charge is 0.394 e. The van der Waals surface area contributed by atoms with Crippen molar-refractivity contribution in [1.29, 1.82) is 0 Å². The first-order chi connectivity index (χ1) is 7.46. The zero-order valence-corrected chi connectivity index (χ0v) is 9.60. The number of aliphatic hydroxyl groups excluding tert-OH is 1. The number of rotatable bonds is 4. The van der Waals surface area contributed by atoms with E-state index < -0.39 is 11.6 Å². The lowest BCUT2D eigenvalue weighted by Gasteiger charge is -2.25. The highest BCUT2D eigenvalue weighted by Gasteiger charge is 2.23. The number of benzene rings is 1. The van der Waals surface area contributed by atoms with E-state index >= 15 is 0 Å². The predicted molar refractivity (Wildman–Crippen MR) is 62.7 cm³/mol. The fourth-order valence-electron chi connectivity index (χ4n) is 1.26. The minimum Gasteiger partial charge on any atom is -0.394 e. The van der Waals surface area contributed by atoms with E-state index in [0.717, 1.165) is 5.56 Å². The van der Waals surface area contributed by atoms with Gasteiger partial charge in [-0.25, -0.2) is 0 Å². The van der Waals surface area contributed by atoms with Crippen LogP contribution in [-0.2, 0) is 4.79 Å². The van der Waals surface area contributed by atoms with Crippen LogP contribution in [-0.4, -0.2) is 23.2 Å². The topological polar surface area (TPSA) is 75.3 Å². The third-order valence-electron chi connectivity index (χ3n) is 2.30. The Balaban J connectivity index is 2.69. The number of hydrogen-bond acceptors (Lipinski definition) is 3. The number of carbonyl (C=O) groups is 1. The first kappa shape index (κ1) is 12.7. The molecule has 0 radical (unpaired) electrons. The van der Waals surface area contributed by atoms with Gasteiger partial charge in [0.2, 0.25) is 5.91 Å². The summed E-state index contributed by atoms with van der Waals surface area (Å²) in [4.78, 5) is 11.8. The summed E-state index contributed by atoms with van der Waals surface area (Å²) in [6, 6.07) is 8.43. The van der Waals surface area contributed by atoms with Crippen molar-refractivity contribution in [3.63, 3.8) is 0 Å². The molecule has 0 saturated heterocycles. The second-order valence-corrected chi connectivity index (χ2v) is 4.42. The first-order valence-corrected chi connectivity index (χ1v) is 5.20. The quantitative estimate of drug-likeness (QED) is 0.697. The molecule has 0 unspecified atom stereocenters. The molecule has 0 spiro atoms. The Hall–Kier alpha value is -1.39. The molecule has 1 aromatic rings. The SMILES string of the molecule is CC(C)(CO)NC(=O)[C@H](N)c1ccccc1. The Kier molecular flexibility index (Phi) is 4.04. The van der Waals surface area contributed by atoms with Crippen LogP contribution in [0.15, 0.2) is 30.3 Å². The molecule has 4 N–H and O–H groups in total. The number of aliphatic hydroxyl groups is 1. The van der Waals surface area contributed by atoms with Gasteiger partial charge < -0.3 is 16.2 Å². The molecule has 0 saturated carbocycles. The van der Waals surface area contributed by atoms with Crippen molar-refractivity contribution in [2.75, 3.05) is 6.61 Å². The maximum Gasteiger partial charge on any atom is 0.242 e. The summed E-state index contributed by atoms with van der Waals surface area (Å²) in [6.45, 7) is 3.35. The highest BCUT2D eigenvalue weighted by atomic mass is 16.3. The van der Waals surface area contributed by atoms with Crippen molar-refractivity contribution < 1.29 is 9.90 Å². The van der Waals surface area contributed by atoms with Crippen LogP contribution in [0.4, 0.5) is 0 Å². The van der Waals surface area contributed by atoms with Crippen LogP contribution in [0, 0.1) is 0 Å². The normalized spacial score (nSPS) is 13.2. The van der Waals surface area contributed by atoms with Crippen LogP contribution >= 0.6 is 0 Å². The summed E-state index contributed by atoms with van der Waals surface area (Å²) in [5.41, 5.74) is 5.92. The monoisotopic (exact) mass is 222 g/mol. The standard InChI is InChI=1S/C12H18N2O2/c1-12(2,8-15)14-11(16)10(13)9-6-4-3-5-7-9/h3-7,10,15H,8,13H2,1-2H3,(H,14,16)/t10-/m1/s1. The Bertz CT molecular complexity index is 349. The molecule has 0 aliphatic heterocycles. The third-order valence-corrected chi connectivity index (χ3v) is 2.30. The van der Waals surface area contributed by atoms with Gasteiger partial charge in [0.1, 0.15) is 6.04 Å². The molecule has 1 rings (SSSR count). The molecule has 1 amide bonds. The fraction of sp³-hybridized carbons (Fsp3) is 0.417. The second-order valence-electron chi connectivity index (χ2n) is 4.42. The lowest BCUT2D eigenvalue weighted by Crippen LogP contribution is -2.49. The summed E-state index contributed by atoms with van der Waals surface area (Å²) in [5, 5.41) is 11.7. The highest BCUT2D eigenvalue weighted by molar-refractivity contribution is 5.83. The van der Waals surface area contributed by atoms with Crippen molar-refractivity contribution in [3.05, 3.63) is 35.9 Å². The van der Waals surface area contributed by atoms with Gasteiger partial charge in [0.05, 0.1) is 12.1 Å². The van der Waals surface area contributed by atoms with E-state index in [1.807, 2.05) is 18.2 Å². The first-order valence-electron chi connectivity index (χ1n) is 5.20. The fourth-order valence-corrected chi connectivity index (χ4v) is 1.26. The van der Waals surface area contributed by atoms with Crippen LogP contribution in [0.5, 0.6) is 0 Å². The van der Waals surface area contributed by atoms with Gasteiger partial charge in [-0.05, 0) is 19.4 Å². The molecule has 0 aromatic heterocycles. The molecule has 88 valence electrons. The van der Waals surface area contributed by atoms with Gasteiger partial charge in [-0.15, -0.1) is 0 Å². The number of nitrogens with one attached hydrogen (secondary N) is 1. The van der Waals surface area contributed by atoms with Crippen LogP contribution in [0.1, 0.15) is 25.5 Å². The van der Waals surface area contributed by atoms with Crippen LogP contribution < -0.4 is 11.1 Å². The van der Waals surface area contributed by atoms with Gasteiger partial charge in [-0.3, -0.25) is 4.79 Å². The van der Waals surface area contributed by atoms with E-state index in [0.29, 0.717) is 0 Å². The van der Waals surface area contributed by atoms with Gasteiger partial charge in [0.15, 0.2) is 0 Å². The minimum atomic E-state index is -0.702. The van der Waals surface area contributed by atoms with Gasteiger partial charge in [-0.1, -0.05) is 30.3 Å². The zero-order valence-electron chi connectivity index (χ0n) is 9.60. The maximum absolute atomic E-state index is 11.8. The number of nitrogens with two attached hydrogens (primary N) is 1. The highest BCUT2D eigenvalue weighted by Crippen LogP contribution is 2.11. The summed E-state index contributed by atoms with van der Waals surface area (Å²) < 4.78 is 0. The molecule has 4 nitrogen and oxygen atoms in total. The molecule has 0 heterocycles. The van der Waals surface area contributed by atoms with Crippen molar-refractivity contribution in [1.82, 2.24) is 5.32 Å². The van der Waals surface area contributed by atoms with Gasteiger partial charge in [0.25, 0.3) is 0 Å². The number of amides is 1. The van der Waals surface area contributed by atoms with Gasteiger partial charge in [-0.2, -0.15) is 0 Å². The molecular formula is C12H18N2O2. The summed E-state index contributed by atoms with van der Waals surface area (Å²) >= 11 is 0. The van der Waals surface area contributed by atoms with Gasteiger partial charge in [0, 0.05) is 0 Å². The molecule has 1 atom stereocenters. The third kappa shape index (κ3) is 3.32.